The molecule has 0 amide bonds. The Hall–Kier alpha value is -1.90. The van der Waals surface area contributed by atoms with Gasteiger partial charge >= 0.3 is 0 Å². The average Bonchev–Trinajstić information content (AvgIpc) is 2.49. The molecule has 0 spiro atoms. The fraction of sp³-hybridized carbons (Fsp3) is 0.118. The lowest BCUT2D eigenvalue weighted by atomic mass is 10.0. The summed E-state index contributed by atoms with van der Waals surface area (Å²) >= 11 is 6.32. The summed E-state index contributed by atoms with van der Waals surface area (Å²) in [6, 6.07) is 16.5. The second-order valence-corrected chi connectivity index (χ2v) is 5.15. The van der Waals surface area contributed by atoms with Gasteiger partial charge in [0.15, 0.2) is 0 Å². The van der Waals surface area contributed by atoms with Crippen LogP contribution >= 0.6 is 11.6 Å². The average molecular weight is 283 g/mol. The Morgan fingerprint density at radius 3 is 2.65 bits per heavy atom. The molecule has 0 bridgehead atoms. The van der Waals surface area contributed by atoms with Crippen molar-refractivity contribution >= 4 is 22.5 Å². The molecule has 0 aliphatic carbocycles. The maximum absolute atomic E-state index is 6.32. The van der Waals surface area contributed by atoms with E-state index in [1.54, 1.807) is 0 Å². The van der Waals surface area contributed by atoms with Crippen molar-refractivity contribution in [1.82, 2.24) is 10.3 Å². The van der Waals surface area contributed by atoms with E-state index in [2.05, 4.69) is 40.6 Å². The number of rotatable bonds is 3. The van der Waals surface area contributed by atoms with E-state index in [0.717, 1.165) is 39.2 Å². The van der Waals surface area contributed by atoms with Crippen molar-refractivity contribution in [1.29, 1.82) is 0 Å². The SMILES string of the molecule is CNCc1ccc(-c2ccc3ncccc3c2)cc1Cl. The van der Waals surface area contributed by atoms with Crippen molar-refractivity contribution in [3.8, 4) is 11.1 Å². The first kappa shape index (κ1) is 13.1. The van der Waals surface area contributed by atoms with Crippen molar-refractivity contribution in [2.75, 3.05) is 7.05 Å². The number of nitrogens with zero attached hydrogens (tertiary/aromatic N) is 1. The number of hydrogen-bond acceptors (Lipinski definition) is 2. The summed E-state index contributed by atoms with van der Waals surface area (Å²) in [5.41, 5.74) is 4.40. The second kappa shape index (κ2) is 5.61. The van der Waals surface area contributed by atoms with Gasteiger partial charge in [0.25, 0.3) is 0 Å². The molecule has 0 aliphatic heterocycles. The Labute approximate surface area is 123 Å². The van der Waals surface area contributed by atoms with Gasteiger partial charge in [0.1, 0.15) is 0 Å². The van der Waals surface area contributed by atoms with E-state index in [-0.39, 0.29) is 0 Å². The van der Waals surface area contributed by atoms with Crippen LogP contribution in [0.2, 0.25) is 5.02 Å². The van der Waals surface area contributed by atoms with Crippen LogP contribution in [0.4, 0.5) is 0 Å². The Bertz CT molecular complexity index is 753. The van der Waals surface area contributed by atoms with E-state index in [1.807, 2.05) is 31.4 Å². The first-order valence-electron chi connectivity index (χ1n) is 6.56. The van der Waals surface area contributed by atoms with Crippen LogP contribution in [0.5, 0.6) is 0 Å². The third-order valence-electron chi connectivity index (χ3n) is 3.36. The lowest BCUT2D eigenvalue weighted by Gasteiger charge is -2.08. The molecule has 3 aromatic rings. The summed E-state index contributed by atoms with van der Waals surface area (Å²) in [6.45, 7) is 0.779. The van der Waals surface area contributed by atoms with Gasteiger partial charge in [-0.3, -0.25) is 4.98 Å². The minimum atomic E-state index is 0.779. The van der Waals surface area contributed by atoms with Crippen LogP contribution in [0.25, 0.3) is 22.0 Å². The third-order valence-corrected chi connectivity index (χ3v) is 3.71. The highest BCUT2D eigenvalue weighted by Crippen LogP contribution is 2.27. The Morgan fingerprint density at radius 2 is 1.85 bits per heavy atom. The van der Waals surface area contributed by atoms with Gasteiger partial charge in [-0.05, 0) is 48.0 Å². The molecule has 0 unspecified atom stereocenters. The number of nitrogens with one attached hydrogen (secondary N) is 1. The van der Waals surface area contributed by atoms with Crippen LogP contribution in [-0.2, 0) is 6.54 Å². The fourth-order valence-electron chi connectivity index (χ4n) is 2.32. The monoisotopic (exact) mass is 282 g/mol. The molecule has 100 valence electrons. The van der Waals surface area contributed by atoms with E-state index in [1.165, 1.54) is 0 Å². The zero-order valence-electron chi connectivity index (χ0n) is 11.2. The first-order valence-corrected chi connectivity index (χ1v) is 6.94. The number of pyridine rings is 1. The zero-order chi connectivity index (χ0) is 13.9. The maximum atomic E-state index is 6.32. The Kier molecular flexibility index (Phi) is 3.68. The second-order valence-electron chi connectivity index (χ2n) is 4.75. The van der Waals surface area contributed by atoms with E-state index in [4.69, 9.17) is 11.6 Å². The first-order chi connectivity index (χ1) is 9.78. The molecule has 0 saturated carbocycles. The van der Waals surface area contributed by atoms with Crippen LogP contribution in [0.1, 0.15) is 5.56 Å². The van der Waals surface area contributed by atoms with Crippen LogP contribution < -0.4 is 5.32 Å². The van der Waals surface area contributed by atoms with Crippen LogP contribution in [0.15, 0.2) is 54.7 Å². The molecular formula is C17H15ClN2. The molecule has 0 radical (unpaired) electrons. The lowest BCUT2D eigenvalue weighted by Crippen LogP contribution is -2.05. The van der Waals surface area contributed by atoms with E-state index >= 15 is 0 Å². The summed E-state index contributed by atoms with van der Waals surface area (Å²) in [6.07, 6.45) is 1.81. The maximum Gasteiger partial charge on any atom is 0.0702 e. The topological polar surface area (TPSA) is 24.9 Å². The molecule has 0 atom stereocenters. The van der Waals surface area contributed by atoms with Gasteiger partial charge in [0.05, 0.1) is 5.52 Å². The van der Waals surface area contributed by atoms with E-state index in [0.29, 0.717) is 0 Å². The lowest BCUT2D eigenvalue weighted by molar-refractivity contribution is 0.818. The van der Waals surface area contributed by atoms with E-state index < -0.39 is 0 Å². The fourth-order valence-corrected chi connectivity index (χ4v) is 2.56. The molecular weight excluding hydrogens is 268 g/mol. The van der Waals surface area contributed by atoms with Crippen molar-refractivity contribution in [3.63, 3.8) is 0 Å². The summed E-state index contributed by atoms with van der Waals surface area (Å²) < 4.78 is 0. The standard InChI is InChI=1S/C17H15ClN2/c1-19-11-15-5-4-13(10-16(15)18)12-6-7-17-14(9-12)3-2-8-20-17/h2-10,19H,11H2,1H3. The molecule has 0 fully saturated rings. The minimum absolute atomic E-state index is 0.779. The molecule has 2 aromatic carbocycles. The predicted octanol–water partition coefficient (Wildman–Crippen LogP) is 4.27. The van der Waals surface area contributed by atoms with E-state index in [9.17, 15) is 0 Å². The van der Waals surface area contributed by atoms with Gasteiger partial charge in [-0.25, -0.2) is 0 Å². The zero-order valence-corrected chi connectivity index (χ0v) is 12.0. The van der Waals surface area contributed by atoms with Crippen molar-refractivity contribution < 1.29 is 0 Å². The summed E-state index contributed by atoms with van der Waals surface area (Å²) in [5, 5.41) is 5.05. The summed E-state index contributed by atoms with van der Waals surface area (Å²) in [7, 11) is 1.92. The van der Waals surface area contributed by atoms with Gasteiger partial charge in [0, 0.05) is 23.2 Å². The highest BCUT2D eigenvalue weighted by atomic mass is 35.5. The highest BCUT2D eigenvalue weighted by Gasteiger charge is 2.04. The number of fused-ring (bicyclic) bond motifs is 1. The molecule has 0 aliphatic rings. The molecule has 1 N–H and O–H groups in total. The third kappa shape index (κ3) is 2.53. The quantitative estimate of drug-likeness (QED) is 0.776. The normalized spacial score (nSPS) is 10.9. The van der Waals surface area contributed by atoms with Gasteiger partial charge in [-0.1, -0.05) is 35.9 Å². The molecule has 3 rings (SSSR count). The molecule has 1 aromatic heterocycles. The molecule has 2 nitrogen and oxygen atoms in total. The molecule has 0 saturated heterocycles. The van der Waals surface area contributed by atoms with Crippen LogP contribution in [0.3, 0.4) is 0 Å². The molecule has 3 heteroatoms. The predicted molar refractivity (Wildman–Crippen MR) is 85.0 cm³/mol. The van der Waals surface area contributed by atoms with Gasteiger partial charge < -0.3 is 5.32 Å². The van der Waals surface area contributed by atoms with Crippen molar-refractivity contribution in [3.05, 3.63) is 65.3 Å². The smallest absolute Gasteiger partial charge is 0.0702 e. The molecule has 20 heavy (non-hydrogen) atoms. The largest absolute Gasteiger partial charge is 0.316 e. The van der Waals surface area contributed by atoms with Gasteiger partial charge in [0.2, 0.25) is 0 Å². The van der Waals surface area contributed by atoms with Crippen molar-refractivity contribution in [2.24, 2.45) is 0 Å². The number of benzene rings is 2. The Balaban J connectivity index is 2.04. The summed E-state index contributed by atoms with van der Waals surface area (Å²) in [4.78, 5) is 4.34. The summed E-state index contributed by atoms with van der Waals surface area (Å²) in [5.74, 6) is 0. The van der Waals surface area contributed by atoms with Crippen LogP contribution in [0, 0.1) is 0 Å². The molecule has 1 heterocycles. The number of halogens is 1. The minimum Gasteiger partial charge on any atom is -0.316 e. The Morgan fingerprint density at radius 1 is 1.05 bits per heavy atom. The highest BCUT2D eigenvalue weighted by molar-refractivity contribution is 6.31. The van der Waals surface area contributed by atoms with Crippen molar-refractivity contribution in [2.45, 2.75) is 6.54 Å². The number of aromatic nitrogens is 1. The van der Waals surface area contributed by atoms with Gasteiger partial charge in [-0.15, -0.1) is 0 Å². The van der Waals surface area contributed by atoms with Gasteiger partial charge in [-0.2, -0.15) is 0 Å². The number of hydrogen-bond donors (Lipinski definition) is 1. The van der Waals surface area contributed by atoms with Crippen LogP contribution in [-0.4, -0.2) is 12.0 Å².